The summed E-state index contributed by atoms with van der Waals surface area (Å²) in [6.45, 7) is 6.72. The van der Waals surface area contributed by atoms with Crippen molar-refractivity contribution in [1.82, 2.24) is 14.7 Å². The SMILES string of the molecule is Cc1nn([C@H]2CCS(=O)(=O)C2)c(C)c1CN(C)C[C@@H]1CCCCO1. The van der Waals surface area contributed by atoms with Gasteiger partial charge in [0.1, 0.15) is 0 Å². The summed E-state index contributed by atoms with van der Waals surface area (Å²) < 4.78 is 31.3. The van der Waals surface area contributed by atoms with Gasteiger partial charge >= 0.3 is 0 Å². The molecule has 0 radical (unpaired) electrons. The van der Waals surface area contributed by atoms with Crippen LogP contribution in [0.15, 0.2) is 0 Å². The lowest BCUT2D eigenvalue weighted by atomic mass is 10.1. The largest absolute Gasteiger partial charge is 0.377 e. The van der Waals surface area contributed by atoms with Crippen molar-refractivity contribution in [3.05, 3.63) is 17.0 Å². The minimum Gasteiger partial charge on any atom is -0.377 e. The number of nitrogens with zero attached hydrogens (tertiary/aromatic N) is 3. The van der Waals surface area contributed by atoms with Crippen LogP contribution in [0.25, 0.3) is 0 Å². The zero-order valence-electron chi connectivity index (χ0n) is 15.0. The fourth-order valence-electron chi connectivity index (χ4n) is 3.88. The molecule has 0 unspecified atom stereocenters. The zero-order chi connectivity index (χ0) is 17.3. The first-order valence-electron chi connectivity index (χ1n) is 8.91. The normalized spacial score (nSPS) is 27.0. The van der Waals surface area contributed by atoms with Crippen LogP contribution in [0.4, 0.5) is 0 Å². The van der Waals surface area contributed by atoms with E-state index in [1.54, 1.807) is 0 Å². The van der Waals surface area contributed by atoms with E-state index in [1.807, 2.05) is 11.6 Å². The van der Waals surface area contributed by atoms with Crippen molar-refractivity contribution < 1.29 is 13.2 Å². The van der Waals surface area contributed by atoms with Crippen molar-refractivity contribution in [3.8, 4) is 0 Å². The highest BCUT2D eigenvalue weighted by Gasteiger charge is 2.31. The minimum atomic E-state index is -2.89. The Morgan fingerprint density at radius 3 is 2.71 bits per heavy atom. The van der Waals surface area contributed by atoms with E-state index in [0.29, 0.717) is 12.5 Å². The highest BCUT2D eigenvalue weighted by molar-refractivity contribution is 7.91. The molecule has 0 aliphatic carbocycles. The van der Waals surface area contributed by atoms with Crippen molar-refractivity contribution in [2.45, 2.75) is 58.2 Å². The first-order chi connectivity index (χ1) is 11.4. The van der Waals surface area contributed by atoms with Crippen LogP contribution in [-0.4, -0.2) is 60.9 Å². The van der Waals surface area contributed by atoms with E-state index in [1.165, 1.54) is 18.4 Å². The van der Waals surface area contributed by atoms with Gasteiger partial charge in [0.15, 0.2) is 9.84 Å². The molecule has 1 aromatic rings. The molecule has 24 heavy (non-hydrogen) atoms. The van der Waals surface area contributed by atoms with E-state index < -0.39 is 9.84 Å². The maximum atomic E-state index is 11.8. The Labute approximate surface area is 145 Å². The molecule has 0 saturated carbocycles. The van der Waals surface area contributed by atoms with Crippen LogP contribution in [0.3, 0.4) is 0 Å². The summed E-state index contributed by atoms with van der Waals surface area (Å²) in [6.07, 6.45) is 4.58. The molecule has 6 nitrogen and oxygen atoms in total. The Hall–Kier alpha value is -0.920. The Morgan fingerprint density at radius 1 is 1.29 bits per heavy atom. The Morgan fingerprint density at radius 2 is 2.08 bits per heavy atom. The van der Waals surface area contributed by atoms with Gasteiger partial charge < -0.3 is 4.74 Å². The number of sulfone groups is 1. The van der Waals surface area contributed by atoms with Gasteiger partial charge in [-0.1, -0.05) is 0 Å². The van der Waals surface area contributed by atoms with Crippen molar-refractivity contribution in [2.75, 3.05) is 31.7 Å². The van der Waals surface area contributed by atoms with Crippen molar-refractivity contribution in [3.63, 3.8) is 0 Å². The Balaban J connectivity index is 1.67. The topological polar surface area (TPSA) is 64.4 Å². The van der Waals surface area contributed by atoms with Gasteiger partial charge in [-0.3, -0.25) is 9.58 Å². The molecule has 2 aliphatic rings. The summed E-state index contributed by atoms with van der Waals surface area (Å²) in [6, 6.07) is -0.00515. The van der Waals surface area contributed by atoms with Crippen LogP contribution in [-0.2, 0) is 21.1 Å². The third-order valence-electron chi connectivity index (χ3n) is 5.25. The summed E-state index contributed by atoms with van der Waals surface area (Å²) in [5, 5.41) is 4.65. The standard InChI is InChI=1S/C17H29N3O3S/c1-13-17(11-19(3)10-16-6-4-5-8-23-16)14(2)20(18-13)15-7-9-24(21,22)12-15/h15-16H,4-12H2,1-3H3/t15-,16-/m0/s1. The molecule has 3 rings (SSSR count). The molecule has 3 heterocycles. The minimum absolute atomic E-state index is 0.00515. The van der Waals surface area contributed by atoms with Gasteiger partial charge in [0.2, 0.25) is 0 Å². The van der Waals surface area contributed by atoms with Crippen LogP contribution in [0.2, 0.25) is 0 Å². The highest BCUT2D eigenvalue weighted by atomic mass is 32.2. The lowest BCUT2D eigenvalue weighted by molar-refractivity contribution is -0.00264. The molecule has 2 aliphatic heterocycles. The van der Waals surface area contributed by atoms with Crippen LogP contribution < -0.4 is 0 Å². The Kier molecular flexibility index (Phi) is 5.32. The van der Waals surface area contributed by atoms with Gasteiger partial charge in [-0.25, -0.2) is 8.42 Å². The summed E-state index contributed by atoms with van der Waals surface area (Å²) in [5.41, 5.74) is 3.33. The number of hydrogen-bond donors (Lipinski definition) is 0. The maximum Gasteiger partial charge on any atom is 0.152 e. The van der Waals surface area contributed by atoms with Gasteiger partial charge in [-0.2, -0.15) is 5.10 Å². The summed E-state index contributed by atoms with van der Waals surface area (Å²) in [7, 11) is -0.775. The molecule has 0 N–H and O–H groups in total. The molecule has 0 aromatic carbocycles. The molecule has 2 atom stereocenters. The molecule has 7 heteroatoms. The summed E-state index contributed by atoms with van der Waals surface area (Å²) in [4.78, 5) is 2.29. The quantitative estimate of drug-likeness (QED) is 0.807. The number of aromatic nitrogens is 2. The van der Waals surface area contributed by atoms with E-state index in [2.05, 4.69) is 24.0 Å². The van der Waals surface area contributed by atoms with Crippen LogP contribution in [0.5, 0.6) is 0 Å². The third kappa shape index (κ3) is 4.00. The number of aryl methyl sites for hydroxylation is 1. The van der Waals surface area contributed by atoms with E-state index in [0.717, 1.165) is 37.5 Å². The maximum absolute atomic E-state index is 11.8. The van der Waals surface area contributed by atoms with Gasteiger partial charge in [-0.15, -0.1) is 0 Å². The molecule has 2 saturated heterocycles. The van der Waals surface area contributed by atoms with Crippen molar-refractivity contribution >= 4 is 9.84 Å². The molecule has 0 spiro atoms. The van der Waals surface area contributed by atoms with Crippen LogP contribution >= 0.6 is 0 Å². The average Bonchev–Trinajstić information content (AvgIpc) is 3.02. The van der Waals surface area contributed by atoms with Crippen LogP contribution in [0, 0.1) is 13.8 Å². The molecule has 0 amide bonds. The monoisotopic (exact) mass is 355 g/mol. The summed E-state index contributed by atoms with van der Waals surface area (Å²) in [5.74, 6) is 0.504. The Bertz CT molecular complexity index is 677. The first kappa shape index (κ1) is 17.9. The molecular formula is C17H29N3O3S. The second kappa shape index (κ2) is 7.14. The van der Waals surface area contributed by atoms with E-state index in [9.17, 15) is 8.42 Å². The highest BCUT2D eigenvalue weighted by Crippen LogP contribution is 2.27. The predicted molar refractivity (Wildman–Crippen MR) is 93.9 cm³/mol. The zero-order valence-corrected chi connectivity index (χ0v) is 15.8. The van der Waals surface area contributed by atoms with Gasteiger partial charge in [0.25, 0.3) is 0 Å². The smallest absolute Gasteiger partial charge is 0.152 e. The molecule has 136 valence electrons. The number of ether oxygens (including phenoxy) is 1. The molecule has 2 fully saturated rings. The van der Waals surface area contributed by atoms with Gasteiger partial charge in [-0.05, 0) is 46.6 Å². The fraction of sp³-hybridized carbons (Fsp3) is 0.824. The lowest BCUT2D eigenvalue weighted by Gasteiger charge is -2.27. The van der Waals surface area contributed by atoms with Crippen LogP contribution in [0.1, 0.15) is 48.7 Å². The number of rotatable bonds is 5. The van der Waals surface area contributed by atoms with Gasteiger partial charge in [0.05, 0.1) is 29.3 Å². The van der Waals surface area contributed by atoms with Crippen molar-refractivity contribution in [1.29, 1.82) is 0 Å². The molecule has 1 aromatic heterocycles. The van der Waals surface area contributed by atoms with E-state index >= 15 is 0 Å². The van der Waals surface area contributed by atoms with Crippen molar-refractivity contribution in [2.24, 2.45) is 0 Å². The first-order valence-corrected chi connectivity index (χ1v) is 10.7. The second-order valence-electron chi connectivity index (χ2n) is 7.34. The van der Waals surface area contributed by atoms with Gasteiger partial charge in [0, 0.05) is 31.0 Å². The fourth-order valence-corrected chi connectivity index (χ4v) is 5.58. The van der Waals surface area contributed by atoms with E-state index in [4.69, 9.17) is 4.74 Å². The third-order valence-corrected chi connectivity index (χ3v) is 7.00. The summed E-state index contributed by atoms with van der Waals surface area (Å²) >= 11 is 0. The number of hydrogen-bond acceptors (Lipinski definition) is 5. The second-order valence-corrected chi connectivity index (χ2v) is 9.56. The molecule has 0 bridgehead atoms. The lowest BCUT2D eigenvalue weighted by Crippen LogP contribution is -2.33. The molecular weight excluding hydrogens is 326 g/mol. The number of likely N-dealkylation sites (N-methyl/N-ethyl adjacent to an activating group) is 1. The average molecular weight is 356 g/mol. The predicted octanol–water partition coefficient (Wildman–Crippen LogP) is 1.86. The van der Waals surface area contributed by atoms with E-state index in [-0.39, 0.29) is 17.5 Å².